The first-order valence-electron chi connectivity index (χ1n) is 5.72. The molecular weight excluding hydrogens is 242 g/mol. The fraction of sp³-hybridized carbons (Fsp3) is 0.286. The van der Waals surface area contributed by atoms with E-state index >= 15 is 0 Å². The van der Waals surface area contributed by atoms with Gasteiger partial charge >= 0.3 is 0 Å². The number of allylic oxidation sites excluding steroid dienone is 1. The highest BCUT2D eigenvalue weighted by molar-refractivity contribution is 5.65. The summed E-state index contributed by atoms with van der Waals surface area (Å²) in [5.74, 6) is 0.427. The molecule has 0 radical (unpaired) electrons. The van der Waals surface area contributed by atoms with Crippen LogP contribution in [-0.2, 0) is 6.54 Å². The number of methoxy groups -OCH3 is 1. The molecule has 0 aliphatic rings. The van der Waals surface area contributed by atoms with Gasteiger partial charge in [0.05, 0.1) is 26.8 Å². The molecule has 1 rings (SSSR count). The van der Waals surface area contributed by atoms with Crippen molar-refractivity contribution < 1.29 is 14.7 Å². The highest BCUT2D eigenvalue weighted by atomic mass is 16.5. The summed E-state index contributed by atoms with van der Waals surface area (Å²) in [7, 11) is 5.39. The van der Waals surface area contributed by atoms with Gasteiger partial charge in [-0.05, 0) is 23.8 Å². The average molecular weight is 258 g/mol. The van der Waals surface area contributed by atoms with Crippen LogP contribution in [0.3, 0.4) is 0 Å². The molecule has 0 aliphatic heterocycles. The van der Waals surface area contributed by atoms with Gasteiger partial charge in [0.25, 0.3) is 0 Å². The minimum Gasteiger partial charge on any atom is -0.504 e. The first-order valence-corrected chi connectivity index (χ1v) is 5.72. The maximum absolute atomic E-state index is 10.0. The van der Waals surface area contributed by atoms with E-state index in [1.54, 1.807) is 24.3 Å². The summed E-state index contributed by atoms with van der Waals surface area (Å²) in [5.41, 5.74) is 1.38. The molecule has 5 nitrogen and oxygen atoms in total. The number of nitrogens with zero attached hydrogens (tertiary/aromatic N) is 2. The van der Waals surface area contributed by atoms with Crippen molar-refractivity contribution in [3.63, 3.8) is 0 Å². The van der Waals surface area contributed by atoms with E-state index < -0.39 is 0 Å². The molecule has 1 aromatic rings. The molecule has 5 heteroatoms. The van der Waals surface area contributed by atoms with Crippen molar-refractivity contribution in [3.05, 3.63) is 28.8 Å². The molecule has 2 N–H and O–H groups in total. The lowest BCUT2D eigenvalue weighted by atomic mass is 10.1. The Bertz CT molecular complexity index is 562. The fourth-order valence-corrected chi connectivity index (χ4v) is 1.70. The predicted octanol–water partition coefficient (Wildman–Crippen LogP) is 0.476. The van der Waals surface area contributed by atoms with E-state index in [0.717, 1.165) is 4.90 Å². The Morgan fingerprint density at radius 3 is 2.47 bits per heavy atom. The Morgan fingerprint density at radius 1 is 1.37 bits per heavy atom. The normalized spacial score (nSPS) is 9.58. The van der Waals surface area contributed by atoms with Gasteiger partial charge in [0.15, 0.2) is 11.5 Å². The van der Waals surface area contributed by atoms with Gasteiger partial charge < -0.3 is 14.7 Å². The molecule has 19 heavy (non-hydrogen) atoms. The second-order valence-corrected chi connectivity index (χ2v) is 4.40. The molecule has 0 bridgehead atoms. The van der Waals surface area contributed by atoms with Crippen LogP contribution in [0, 0.1) is 22.7 Å². The second-order valence-electron chi connectivity index (χ2n) is 4.40. The lowest BCUT2D eigenvalue weighted by Crippen LogP contribution is -3.04. The van der Waals surface area contributed by atoms with Crippen LogP contribution in [0.15, 0.2) is 17.7 Å². The molecule has 98 valence electrons. The van der Waals surface area contributed by atoms with Gasteiger partial charge in [0.2, 0.25) is 0 Å². The van der Waals surface area contributed by atoms with Crippen LogP contribution in [0.4, 0.5) is 0 Å². The van der Waals surface area contributed by atoms with E-state index in [4.69, 9.17) is 15.3 Å². The van der Waals surface area contributed by atoms with E-state index in [0.29, 0.717) is 23.4 Å². The molecule has 0 saturated carbocycles. The number of ether oxygens (including phenoxy) is 1. The zero-order valence-electron chi connectivity index (χ0n) is 11.2. The number of phenols is 1. The number of rotatable bonds is 4. The first kappa shape index (κ1) is 14.6. The predicted molar refractivity (Wildman–Crippen MR) is 70.4 cm³/mol. The number of hydrogen-bond donors (Lipinski definition) is 2. The summed E-state index contributed by atoms with van der Waals surface area (Å²) in [6.45, 7) is 0.609. The van der Waals surface area contributed by atoms with Gasteiger partial charge in [0, 0.05) is 0 Å². The SMILES string of the molecule is COc1cc(C=C(C#N)C#N)cc(C[NH+](C)C)c1O. The smallest absolute Gasteiger partial charge is 0.166 e. The van der Waals surface area contributed by atoms with Crippen LogP contribution >= 0.6 is 0 Å². The molecule has 0 amide bonds. The van der Waals surface area contributed by atoms with Crippen molar-refractivity contribution in [2.24, 2.45) is 0 Å². The largest absolute Gasteiger partial charge is 0.504 e. The van der Waals surface area contributed by atoms with Gasteiger partial charge in [0.1, 0.15) is 24.3 Å². The fourth-order valence-electron chi connectivity index (χ4n) is 1.70. The first-order chi connectivity index (χ1) is 9.01. The van der Waals surface area contributed by atoms with Gasteiger partial charge in [-0.1, -0.05) is 0 Å². The molecule has 0 heterocycles. The standard InChI is InChI=1S/C14H15N3O2/c1-17(2)9-12-5-10(4-11(7-15)8-16)6-13(19-3)14(12)18/h4-6,18H,9H2,1-3H3/p+1. The lowest BCUT2D eigenvalue weighted by Gasteiger charge is -2.12. The van der Waals surface area contributed by atoms with Crippen LogP contribution in [0.25, 0.3) is 6.08 Å². The zero-order chi connectivity index (χ0) is 14.4. The molecule has 0 spiro atoms. The molecular formula is C14H16N3O2+. The van der Waals surface area contributed by atoms with Gasteiger partial charge in [-0.3, -0.25) is 0 Å². The molecule has 0 unspecified atom stereocenters. The molecule has 1 aromatic carbocycles. The van der Waals surface area contributed by atoms with Crippen molar-refractivity contribution in [1.82, 2.24) is 0 Å². The highest BCUT2D eigenvalue weighted by Crippen LogP contribution is 2.31. The van der Waals surface area contributed by atoms with Gasteiger partial charge in [-0.25, -0.2) is 0 Å². The monoisotopic (exact) mass is 258 g/mol. The van der Waals surface area contributed by atoms with Crippen LogP contribution < -0.4 is 9.64 Å². The third kappa shape index (κ3) is 3.74. The maximum atomic E-state index is 10.0. The lowest BCUT2D eigenvalue weighted by molar-refractivity contribution is -0.872. The number of hydrogen-bond acceptors (Lipinski definition) is 4. The van der Waals surface area contributed by atoms with Crippen molar-refractivity contribution in [1.29, 1.82) is 10.5 Å². The third-order valence-corrected chi connectivity index (χ3v) is 2.49. The molecule has 0 fully saturated rings. The van der Waals surface area contributed by atoms with Crippen molar-refractivity contribution in [2.75, 3.05) is 21.2 Å². The van der Waals surface area contributed by atoms with E-state index in [2.05, 4.69) is 0 Å². The number of benzene rings is 1. The highest BCUT2D eigenvalue weighted by Gasteiger charge is 2.12. The Kier molecular flexibility index (Phi) is 4.93. The van der Waals surface area contributed by atoms with Crippen LogP contribution in [0.5, 0.6) is 11.5 Å². The summed E-state index contributed by atoms with van der Waals surface area (Å²) in [4.78, 5) is 1.14. The second kappa shape index (κ2) is 6.44. The maximum Gasteiger partial charge on any atom is 0.166 e. The molecule has 0 aromatic heterocycles. The minimum atomic E-state index is 0.0101. The van der Waals surface area contributed by atoms with Gasteiger partial charge in [-0.15, -0.1) is 0 Å². The Labute approximate surface area is 112 Å². The van der Waals surface area contributed by atoms with E-state index in [-0.39, 0.29) is 11.3 Å². The topological polar surface area (TPSA) is 81.5 Å². The average Bonchev–Trinajstić information content (AvgIpc) is 2.38. The number of nitrogens with one attached hydrogen (secondary N) is 1. The van der Waals surface area contributed by atoms with E-state index in [1.165, 1.54) is 13.2 Å². The Balaban J connectivity index is 3.33. The minimum absolute atomic E-state index is 0.0101. The molecule has 0 saturated heterocycles. The quantitative estimate of drug-likeness (QED) is 0.769. The van der Waals surface area contributed by atoms with Crippen molar-refractivity contribution >= 4 is 6.08 Å². The number of nitriles is 2. The zero-order valence-corrected chi connectivity index (χ0v) is 11.2. The number of quaternary nitrogens is 1. The Hall–Kier alpha value is -2.50. The summed E-state index contributed by atoms with van der Waals surface area (Å²) in [6, 6.07) is 6.95. The molecule has 0 atom stereocenters. The molecule has 0 aliphatic carbocycles. The number of aromatic hydroxyl groups is 1. The summed E-state index contributed by atoms with van der Waals surface area (Å²) < 4.78 is 5.10. The third-order valence-electron chi connectivity index (χ3n) is 2.49. The summed E-state index contributed by atoms with van der Waals surface area (Å²) in [5, 5.41) is 27.5. The van der Waals surface area contributed by atoms with Crippen LogP contribution in [0.2, 0.25) is 0 Å². The summed E-state index contributed by atoms with van der Waals surface area (Å²) in [6.07, 6.45) is 1.47. The van der Waals surface area contributed by atoms with E-state index in [9.17, 15) is 5.11 Å². The Morgan fingerprint density at radius 2 is 2.00 bits per heavy atom. The van der Waals surface area contributed by atoms with Crippen LogP contribution in [0.1, 0.15) is 11.1 Å². The van der Waals surface area contributed by atoms with Crippen molar-refractivity contribution in [2.45, 2.75) is 6.54 Å². The van der Waals surface area contributed by atoms with Gasteiger partial charge in [-0.2, -0.15) is 10.5 Å². The van der Waals surface area contributed by atoms with Crippen LogP contribution in [-0.4, -0.2) is 26.3 Å². The van der Waals surface area contributed by atoms with E-state index in [1.807, 2.05) is 14.1 Å². The summed E-state index contributed by atoms with van der Waals surface area (Å²) >= 11 is 0. The van der Waals surface area contributed by atoms with Crippen molar-refractivity contribution in [3.8, 4) is 23.6 Å². The number of phenolic OH excluding ortho intramolecular Hbond substituents is 1.